The van der Waals surface area contributed by atoms with E-state index in [1.54, 1.807) is 0 Å². The third-order valence-electron chi connectivity index (χ3n) is 22.9. The number of nitriles is 2. The van der Waals surface area contributed by atoms with E-state index in [-0.39, 0.29) is 12.0 Å². The summed E-state index contributed by atoms with van der Waals surface area (Å²) in [5, 5.41) is 32.7. The highest BCUT2D eigenvalue weighted by Gasteiger charge is 2.51. The molecule has 0 N–H and O–H groups in total. The summed E-state index contributed by atoms with van der Waals surface area (Å²) in [5.41, 5.74) is 24.4. The van der Waals surface area contributed by atoms with Crippen molar-refractivity contribution in [3.05, 3.63) is 389 Å². The Hall–Kier alpha value is -13.0. The number of allylic oxidation sites excluding steroid dienone is 6. The molecule has 1 aliphatic heterocycles. The first-order valence-electron chi connectivity index (χ1n) is 34.8. The monoisotopic (exact) mass is 1270 g/mol. The molecule has 6 heteroatoms. The minimum atomic E-state index is -0.683. The third-order valence-corrected chi connectivity index (χ3v) is 22.9. The summed E-state index contributed by atoms with van der Waals surface area (Å²) in [6.45, 7) is 0. The van der Waals surface area contributed by atoms with Gasteiger partial charge in [0, 0.05) is 43.9 Å². The maximum absolute atomic E-state index is 13.2. The third kappa shape index (κ3) is 7.18. The predicted octanol–water partition coefficient (Wildman–Crippen LogP) is 22.4. The van der Waals surface area contributed by atoms with E-state index >= 15 is 0 Å². The Morgan fingerprint density at radius 1 is 0.350 bits per heavy atom. The van der Waals surface area contributed by atoms with Gasteiger partial charge in [0.25, 0.3) is 0 Å². The molecule has 6 nitrogen and oxygen atoms in total. The molecule has 5 aliphatic rings. The van der Waals surface area contributed by atoms with E-state index in [0.717, 1.165) is 101 Å². The van der Waals surface area contributed by atoms with E-state index in [2.05, 4.69) is 358 Å². The van der Waals surface area contributed by atoms with Crippen LogP contribution in [-0.4, -0.2) is 19.7 Å². The highest BCUT2D eigenvalue weighted by molar-refractivity contribution is 6.22. The Morgan fingerprint density at radius 3 is 1.31 bits per heavy atom. The van der Waals surface area contributed by atoms with Gasteiger partial charge in [0.2, 0.25) is 0 Å². The van der Waals surface area contributed by atoms with E-state index in [9.17, 15) is 10.5 Å². The summed E-state index contributed by atoms with van der Waals surface area (Å²) >= 11 is 0. The molecule has 4 aliphatic carbocycles. The summed E-state index contributed by atoms with van der Waals surface area (Å²) < 4.78 is 7.10. The van der Waals surface area contributed by atoms with Gasteiger partial charge in [-0.2, -0.15) is 10.5 Å². The number of fused-ring (bicyclic) bond motifs is 20. The highest BCUT2D eigenvalue weighted by atomic mass is 15.2. The van der Waals surface area contributed by atoms with Crippen LogP contribution in [0.25, 0.3) is 105 Å². The van der Waals surface area contributed by atoms with Crippen LogP contribution < -0.4 is 4.90 Å². The fraction of sp³-hybridized carbons (Fsp3) is 0.0638. The zero-order chi connectivity index (χ0) is 66.0. The van der Waals surface area contributed by atoms with Crippen LogP contribution in [0.1, 0.15) is 74.4 Å². The lowest BCUT2D eigenvalue weighted by Gasteiger charge is -2.36. The van der Waals surface area contributed by atoms with E-state index in [1.165, 1.54) is 61.2 Å². The molecule has 0 saturated carbocycles. The van der Waals surface area contributed by atoms with Crippen molar-refractivity contribution in [2.24, 2.45) is 0 Å². The second kappa shape index (κ2) is 21.2. The SMILES string of the molecule is N#Cc1c(-n2c3ccccc3c3ccccc32)c(C#N)c(-n2c3ccccc3c3c4c(ccc32)C(c2ccccc2)(c2ccccc2)c2ccccc2-4)c(N2c3ccccc3C3C=CC=CC32)c1-n1c2ccccc2c2c3c(ccc21)C(C1=CC=CCC1)(c1ccccc1)c1ccccc1-3. The van der Waals surface area contributed by atoms with E-state index < -0.39 is 10.8 Å². The van der Waals surface area contributed by atoms with Gasteiger partial charge in [-0.1, -0.05) is 291 Å². The van der Waals surface area contributed by atoms with Crippen LogP contribution in [0.15, 0.2) is 333 Å². The summed E-state index contributed by atoms with van der Waals surface area (Å²) in [5.74, 6) is -0.0648. The Bertz CT molecular complexity index is 6360. The second-order valence-electron chi connectivity index (χ2n) is 27.3. The topological polar surface area (TPSA) is 65.6 Å². The minimum Gasteiger partial charge on any atom is -0.330 e. The van der Waals surface area contributed by atoms with Gasteiger partial charge in [-0.25, -0.2) is 0 Å². The quantitative estimate of drug-likeness (QED) is 0.152. The van der Waals surface area contributed by atoms with Crippen LogP contribution in [0.4, 0.5) is 11.4 Å². The summed E-state index contributed by atoms with van der Waals surface area (Å²) in [7, 11) is 0. The van der Waals surface area contributed by atoms with Gasteiger partial charge in [0.1, 0.15) is 23.3 Å². The lowest BCUT2D eigenvalue weighted by molar-refractivity contribution is 0.693. The zero-order valence-corrected chi connectivity index (χ0v) is 54.4. The number of hydrogen-bond donors (Lipinski definition) is 0. The van der Waals surface area contributed by atoms with Crippen molar-refractivity contribution in [3.8, 4) is 51.5 Å². The van der Waals surface area contributed by atoms with Crippen molar-refractivity contribution < 1.29 is 0 Å². The average molecular weight is 1270 g/mol. The predicted molar refractivity (Wildman–Crippen MR) is 408 cm³/mol. The van der Waals surface area contributed by atoms with Crippen LogP contribution in [0.2, 0.25) is 0 Å². The molecule has 0 bridgehead atoms. The van der Waals surface area contributed by atoms with Crippen molar-refractivity contribution in [2.45, 2.75) is 35.6 Å². The van der Waals surface area contributed by atoms with Gasteiger partial charge in [0.15, 0.2) is 0 Å². The number of hydrogen-bond acceptors (Lipinski definition) is 3. The minimum absolute atomic E-state index is 0.0648. The normalized spacial score (nSPS) is 17.3. The molecule has 3 atom stereocenters. The average Bonchev–Trinajstić information content (AvgIpc) is 1.50. The molecular formula is C94H60N6. The van der Waals surface area contributed by atoms with Crippen LogP contribution in [0.3, 0.4) is 0 Å². The van der Waals surface area contributed by atoms with Gasteiger partial charge < -0.3 is 18.6 Å². The van der Waals surface area contributed by atoms with E-state index in [4.69, 9.17) is 0 Å². The van der Waals surface area contributed by atoms with Gasteiger partial charge in [-0.3, -0.25) is 0 Å². The summed E-state index contributed by atoms with van der Waals surface area (Å²) in [6, 6.07) is 110. The lowest BCUT2D eigenvalue weighted by Crippen LogP contribution is -2.31. The molecule has 0 spiro atoms. The second-order valence-corrected chi connectivity index (χ2v) is 27.3. The molecule has 100 heavy (non-hydrogen) atoms. The molecule has 3 aromatic heterocycles. The first-order chi connectivity index (χ1) is 49.6. The van der Waals surface area contributed by atoms with Crippen molar-refractivity contribution in [2.75, 3.05) is 4.90 Å². The summed E-state index contributed by atoms with van der Waals surface area (Å²) in [4.78, 5) is 2.51. The standard InChI is InChI=1S/C94H60N6/c95-57-71-89(97-77-47-23-15-37-63(77)64-38-16-24-48-78(64)97)72(58-96)91(100-82-52-28-20-44-70(82)88-84(100)56-54-76-86(88)68-42-14-22-46-74(68)94(76,61-33-9-3-10-34-61)62-35-11-4-12-36-62)92(98-79-49-25-17-39-65(79)66-40-18-26-50-80(66)98)90(71)99-81-51-27-19-43-69(81)87-83(99)55-53-75-85(87)67-41-13-21-45-73(67)93(75,59-29-5-1-6-30-59)60-31-7-2-8-32-60/h1-11,13-35,37-56,65,79H,12,36H2. The first-order valence-corrected chi connectivity index (χ1v) is 34.8. The Labute approximate surface area is 578 Å². The molecule has 21 rings (SSSR count). The maximum atomic E-state index is 13.2. The summed E-state index contributed by atoms with van der Waals surface area (Å²) in [6.07, 6.45) is 17.8. The zero-order valence-electron chi connectivity index (χ0n) is 54.4. The van der Waals surface area contributed by atoms with Crippen molar-refractivity contribution in [1.29, 1.82) is 10.5 Å². The van der Waals surface area contributed by atoms with Crippen molar-refractivity contribution in [1.82, 2.24) is 13.7 Å². The van der Waals surface area contributed by atoms with Gasteiger partial charge in [0.05, 0.1) is 72.7 Å². The van der Waals surface area contributed by atoms with Gasteiger partial charge in [-0.05, 0) is 122 Å². The number of rotatable bonds is 8. The molecule has 13 aromatic carbocycles. The van der Waals surface area contributed by atoms with Crippen molar-refractivity contribution >= 4 is 76.8 Å². The van der Waals surface area contributed by atoms with Crippen LogP contribution in [0.5, 0.6) is 0 Å². The van der Waals surface area contributed by atoms with Crippen LogP contribution in [-0.2, 0) is 10.8 Å². The van der Waals surface area contributed by atoms with E-state index in [1.807, 2.05) is 0 Å². The number of para-hydroxylation sites is 5. The number of benzene rings is 13. The largest absolute Gasteiger partial charge is 0.330 e. The van der Waals surface area contributed by atoms with E-state index in [0.29, 0.717) is 28.2 Å². The van der Waals surface area contributed by atoms with Crippen LogP contribution >= 0.6 is 0 Å². The molecule has 3 unspecified atom stereocenters. The smallest absolute Gasteiger partial charge is 0.104 e. The first kappa shape index (κ1) is 56.2. The number of nitrogens with zero attached hydrogens (tertiary/aromatic N) is 6. The molecule has 0 fully saturated rings. The molecule has 16 aromatic rings. The molecule has 0 amide bonds. The van der Waals surface area contributed by atoms with Crippen molar-refractivity contribution in [3.63, 3.8) is 0 Å². The molecule has 0 saturated heterocycles. The molecule has 466 valence electrons. The van der Waals surface area contributed by atoms with Crippen LogP contribution in [0, 0.1) is 22.7 Å². The number of aromatic nitrogens is 3. The Morgan fingerprint density at radius 2 is 0.780 bits per heavy atom. The number of anilines is 2. The van der Waals surface area contributed by atoms with Gasteiger partial charge in [-0.15, -0.1) is 0 Å². The fourth-order valence-corrected chi connectivity index (χ4v) is 19.3. The highest BCUT2D eigenvalue weighted by Crippen LogP contribution is 2.64. The Balaban J connectivity index is 0.989. The Kier molecular flexibility index (Phi) is 11.9. The van der Waals surface area contributed by atoms with Gasteiger partial charge >= 0.3 is 0 Å². The molecular weight excluding hydrogens is 1210 g/mol. The lowest BCUT2D eigenvalue weighted by atomic mass is 9.65. The maximum Gasteiger partial charge on any atom is 0.104 e. The molecule has 4 heterocycles. The molecule has 0 radical (unpaired) electrons. The fourth-order valence-electron chi connectivity index (χ4n) is 19.3.